The smallest absolute Gasteiger partial charge is 0.232 e. The van der Waals surface area contributed by atoms with Gasteiger partial charge in [-0.1, -0.05) is 13.3 Å². The molecule has 25 heavy (non-hydrogen) atoms. The van der Waals surface area contributed by atoms with Crippen molar-refractivity contribution in [3.8, 4) is 17.2 Å². The number of aromatic nitrogens is 1. The van der Waals surface area contributed by atoms with E-state index in [0.29, 0.717) is 23.9 Å². The van der Waals surface area contributed by atoms with Crippen molar-refractivity contribution in [2.75, 3.05) is 19.4 Å². The Balaban J connectivity index is 1.97. The maximum Gasteiger partial charge on any atom is 0.232 e. The van der Waals surface area contributed by atoms with Gasteiger partial charge >= 0.3 is 0 Å². The minimum Gasteiger partial charge on any atom is -0.497 e. The first-order valence-electron chi connectivity index (χ1n) is 8.26. The first-order valence-corrected chi connectivity index (χ1v) is 9.74. The predicted molar refractivity (Wildman–Crippen MR) is 97.9 cm³/mol. The number of oxazole rings is 1. The van der Waals surface area contributed by atoms with E-state index in [1.807, 2.05) is 24.3 Å². The van der Waals surface area contributed by atoms with E-state index >= 15 is 0 Å². The fourth-order valence-electron chi connectivity index (χ4n) is 2.22. The maximum absolute atomic E-state index is 12.2. The Morgan fingerprint density at radius 1 is 1.32 bits per heavy atom. The molecule has 1 N–H and O–H groups in total. The van der Waals surface area contributed by atoms with E-state index in [2.05, 4.69) is 17.2 Å². The number of hydrogen-bond donors (Lipinski definition) is 1. The van der Waals surface area contributed by atoms with Crippen LogP contribution in [0.4, 0.5) is 0 Å². The normalized spacial score (nSPS) is 12.0. The number of unbranched alkanes of at least 4 members (excludes halogenated alkanes) is 1. The Kier molecular flexibility index (Phi) is 7.18. The van der Waals surface area contributed by atoms with Crippen molar-refractivity contribution in [1.29, 1.82) is 0 Å². The highest BCUT2D eigenvalue weighted by atomic mass is 32.2. The van der Waals surface area contributed by atoms with Crippen molar-refractivity contribution in [2.45, 2.75) is 32.4 Å². The molecule has 2 aromatic rings. The molecule has 0 saturated heterocycles. The van der Waals surface area contributed by atoms with Gasteiger partial charge in [-0.05, 0) is 37.6 Å². The number of ether oxygens (including phenoxy) is 1. The van der Waals surface area contributed by atoms with Gasteiger partial charge in [-0.15, -0.1) is 0 Å². The summed E-state index contributed by atoms with van der Waals surface area (Å²) < 4.78 is 23.0. The number of nitrogens with one attached hydrogen (secondary N) is 1. The zero-order valence-corrected chi connectivity index (χ0v) is 15.6. The summed E-state index contributed by atoms with van der Waals surface area (Å²) in [5, 5.41) is 2.77. The molecule has 1 heterocycles. The fourth-order valence-corrected chi connectivity index (χ4v) is 3.29. The highest BCUT2D eigenvalue weighted by molar-refractivity contribution is 7.84. The molecule has 0 aliphatic rings. The van der Waals surface area contributed by atoms with E-state index in [-0.39, 0.29) is 17.4 Å². The molecular formula is C18H24N2O4S. The monoisotopic (exact) mass is 364 g/mol. The van der Waals surface area contributed by atoms with Crippen LogP contribution >= 0.6 is 0 Å². The third kappa shape index (κ3) is 5.70. The van der Waals surface area contributed by atoms with Crippen LogP contribution in [0.3, 0.4) is 0 Å². The van der Waals surface area contributed by atoms with Crippen LogP contribution < -0.4 is 10.1 Å². The molecule has 1 aromatic carbocycles. The Hall–Kier alpha value is -2.15. The molecule has 2 rings (SSSR count). The van der Waals surface area contributed by atoms with Crippen LogP contribution in [0.15, 0.2) is 28.7 Å². The first kappa shape index (κ1) is 19.2. The van der Waals surface area contributed by atoms with Crippen molar-refractivity contribution >= 4 is 16.7 Å². The number of amides is 1. The molecule has 0 bridgehead atoms. The summed E-state index contributed by atoms with van der Waals surface area (Å²) in [6, 6.07) is 7.36. The number of carbonyl (C=O) groups is 1. The van der Waals surface area contributed by atoms with Gasteiger partial charge in [0, 0.05) is 22.9 Å². The molecule has 0 spiro atoms. The van der Waals surface area contributed by atoms with Crippen LogP contribution in [0.5, 0.6) is 5.75 Å². The molecule has 1 atom stereocenters. The molecule has 0 fully saturated rings. The third-order valence-electron chi connectivity index (χ3n) is 3.67. The van der Waals surface area contributed by atoms with Crippen LogP contribution in [0, 0.1) is 6.92 Å². The molecule has 6 nitrogen and oxygen atoms in total. The molecule has 136 valence electrons. The molecule has 0 unspecified atom stereocenters. The second-order valence-electron chi connectivity index (χ2n) is 5.68. The van der Waals surface area contributed by atoms with E-state index in [0.717, 1.165) is 24.2 Å². The molecule has 1 amide bonds. The van der Waals surface area contributed by atoms with Crippen molar-refractivity contribution in [2.24, 2.45) is 0 Å². The minimum absolute atomic E-state index is 0.0200. The molecule has 0 aliphatic carbocycles. The summed E-state index contributed by atoms with van der Waals surface area (Å²) in [6.45, 7) is 4.46. The van der Waals surface area contributed by atoms with Crippen LogP contribution in [-0.4, -0.2) is 34.5 Å². The summed E-state index contributed by atoms with van der Waals surface area (Å²) in [6.07, 6.45) is 1.93. The van der Waals surface area contributed by atoms with Crippen molar-refractivity contribution in [3.63, 3.8) is 0 Å². The van der Waals surface area contributed by atoms with Crippen LogP contribution in [-0.2, 0) is 21.3 Å². The molecular weight excluding hydrogens is 340 g/mol. The summed E-state index contributed by atoms with van der Waals surface area (Å²) in [4.78, 5) is 16.2. The number of hydrogen-bond acceptors (Lipinski definition) is 5. The molecule has 0 saturated carbocycles. The lowest BCUT2D eigenvalue weighted by Gasteiger charge is -2.03. The summed E-state index contributed by atoms with van der Waals surface area (Å²) >= 11 is 0. The van der Waals surface area contributed by atoms with Gasteiger partial charge in [-0.25, -0.2) is 4.98 Å². The summed E-state index contributed by atoms with van der Waals surface area (Å²) in [5.74, 6) is 1.83. The Labute approximate surface area is 150 Å². The highest BCUT2D eigenvalue weighted by Crippen LogP contribution is 2.24. The van der Waals surface area contributed by atoms with Gasteiger partial charge in [-0.2, -0.15) is 0 Å². The van der Waals surface area contributed by atoms with Gasteiger partial charge < -0.3 is 14.5 Å². The van der Waals surface area contributed by atoms with Gasteiger partial charge in [-0.3, -0.25) is 9.00 Å². The van der Waals surface area contributed by atoms with Gasteiger partial charge in [0.25, 0.3) is 0 Å². The van der Waals surface area contributed by atoms with Gasteiger partial charge in [0.2, 0.25) is 11.8 Å². The van der Waals surface area contributed by atoms with Crippen LogP contribution in [0.25, 0.3) is 11.5 Å². The summed E-state index contributed by atoms with van der Waals surface area (Å²) in [5.41, 5.74) is 1.43. The first-order chi connectivity index (χ1) is 12.0. The second-order valence-corrected chi connectivity index (χ2v) is 7.14. The van der Waals surface area contributed by atoms with Gasteiger partial charge in [0.1, 0.15) is 17.3 Å². The fraction of sp³-hybridized carbons (Fsp3) is 0.444. The maximum atomic E-state index is 12.2. The van der Waals surface area contributed by atoms with E-state index in [4.69, 9.17) is 9.15 Å². The number of benzene rings is 1. The lowest BCUT2D eigenvalue weighted by molar-refractivity contribution is -0.118. The van der Waals surface area contributed by atoms with E-state index in [1.54, 1.807) is 14.0 Å². The lowest BCUT2D eigenvalue weighted by atomic mass is 10.2. The molecule has 1 aromatic heterocycles. The van der Waals surface area contributed by atoms with Crippen molar-refractivity contribution < 1.29 is 18.2 Å². The molecule has 7 heteroatoms. The van der Waals surface area contributed by atoms with Crippen molar-refractivity contribution in [1.82, 2.24) is 10.3 Å². The largest absolute Gasteiger partial charge is 0.497 e. The average molecular weight is 364 g/mol. The van der Waals surface area contributed by atoms with E-state index in [9.17, 15) is 9.00 Å². The van der Waals surface area contributed by atoms with E-state index in [1.165, 1.54) is 0 Å². The van der Waals surface area contributed by atoms with Crippen LogP contribution in [0.2, 0.25) is 0 Å². The Bertz CT molecular complexity index is 725. The molecule has 0 aliphatic heterocycles. The third-order valence-corrected chi connectivity index (χ3v) is 4.85. The van der Waals surface area contributed by atoms with Gasteiger partial charge in [0.15, 0.2) is 0 Å². The Morgan fingerprint density at radius 3 is 2.68 bits per heavy atom. The van der Waals surface area contributed by atoms with E-state index < -0.39 is 10.8 Å². The number of aryl methyl sites for hydroxylation is 1. The number of rotatable bonds is 9. The zero-order chi connectivity index (χ0) is 18.2. The van der Waals surface area contributed by atoms with Crippen molar-refractivity contribution in [3.05, 3.63) is 35.7 Å². The topological polar surface area (TPSA) is 81.4 Å². The zero-order valence-electron chi connectivity index (χ0n) is 14.8. The lowest BCUT2D eigenvalue weighted by Crippen LogP contribution is -2.29. The average Bonchev–Trinajstić information content (AvgIpc) is 2.95. The van der Waals surface area contributed by atoms with Crippen LogP contribution in [0.1, 0.15) is 31.2 Å². The number of nitrogens with zero attached hydrogens (tertiary/aromatic N) is 1. The number of carbonyl (C=O) groups excluding carboxylic acids is 1. The Morgan fingerprint density at radius 2 is 2.04 bits per heavy atom. The standard InChI is InChI=1S/C18H24N2O4S/c1-4-5-10-19-17(21)12-25(22)11-16-13(2)24-18(20-16)14-6-8-15(23-3)9-7-14/h6-9H,4-5,10-12H2,1-3H3,(H,19,21)/t25-/m1/s1. The quantitative estimate of drug-likeness (QED) is 0.692. The molecule has 0 radical (unpaired) electrons. The van der Waals surface area contributed by atoms with Gasteiger partial charge in [0.05, 0.1) is 18.6 Å². The highest BCUT2D eigenvalue weighted by Gasteiger charge is 2.16. The summed E-state index contributed by atoms with van der Waals surface area (Å²) in [7, 11) is 0.288. The predicted octanol–water partition coefficient (Wildman–Crippen LogP) is 2.82. The SMILES string of the molecule is CCCCNC(=O)C[S@](=O)Cc1nc(-c2ccc(OC)cc2)oc1C. The number of methoxy groups -OCH3 is 1. The second kappa shape index (κ2) is 9.36. The minimum atomic E-state index is -1.32.